The van der Waals surface area contributed by atoms with Crippen molar-refractivity contribution in [3.63, 3.8) is 0 Å². The van der Waals surface area contributed by atoms with Crippen LogP contribution in [0.15, 0.2) is 0 Å². The van der Waals surface area contributed by atoms with E-state index in [1.165, 1.54) is 0 Å². The molecule has 0 aliphatic heterocycles. The lowest BCUT2D eigenvalue weighted by molar-refractivity contribution is -0.147. The Labute approximate surface area is 155 Å². The van der Waals surface area contributed by atoms with Gasteiger partial charge >= 0.3 is 5.97 Å². The first kappa shape index (κ1) is 23.9. The number of aliphatic carboxylic acids is 1. The van der Waals surface area contributed by atoms with Gasteiger partial charge in [0.2, 0.25) is 17.7 Å². The molecule has 0 fully saturated rings. The third-order valence-corrected chi connectivity index (χ3v) is 4.19. The highest BCUT2D eigenvalue weighted by Crippen LogP contribution is 2.19. The standard InChI is InChI=1S/C18H33N3O5/c1-4-5-6-7-8-9-15(23)21-13(12-14(19)22)16(24)20-11-10-18(2,3)17(25)26/h13H,4-12H2,1-3H3,(H2,19,22)(H,20,24)(H,21,23)(H,25,26). The van der Waals surface area contributed by atoms with Crippen LogP contribution in [-0.4, -0.2) is 41.4 Å². The van der Waals surface area contributed by atoms with E-state index in [1.54, 1.807) is 13.8 Å². The first-order valence-corrected chi connectivity index (χ1v) is 9.19. The molecule has 8 nitrogen and oxygen atoms in total. The zero-order valence-electron chi connectivity index (χ0n) is 16.1. The summed E-state index contributed by atoms with van der Waals surface area (Å²) in [6.07, 6.45) is 5.19. The van der Waals surface area contributed by atoms with Crippen molar-refractivity contribution in [3.8, 4) is 0 Å². The van der Waals surface area contributed by atoms with Gasteiger partial charge in [-0.05, 0) is 26.7 Å². The normalized spacial score (nSPS) is 12.3. The van der Waals surface area contributed by atoms with Crippen molar-refractivity contribution in [2.45, 2.75) is 78.2 Å². The average molecular weight is 371 g/mol. The topological polar surface area (TPSA) is 139 Å². The van der Waals surface area contributed by atoms with Crippen LogP contribution in [0.1, 0.15) is 72.1 Å². The third-order valence-electron chi connectivity index (χ3n) is 4.19. The number of carbonyl (C=O) groups excluding carboxylic acids is 3. The molecule has 150 valence electrons. The van der Waals surface area contributed by atoms with Crippen LogP contribution in [0.3, 0.4) is 0 Å². The predicted molar refractivity (Wildman–Crippen MR) is 98.2 cm³/mol. The summed E-state index contributed by atoms with van der Waals surface area (Å²) in [5.74, 6) is -2.49. The Bertz CT molecular complexity index is 491. The minimum absolute atomic E-state index is 0.125. The number of rotatable bonds is 14. The lowest BCUT2D eigenvalue weighted by Crippen LogP contribution is -2.49. The Hall–Kier alpha value is -2.12. The van der Waals surface area contributed by atoms with Crippen molar-refractivity contribution in [2.24, 2.45) is 11.1 Å². The van der Waals surface area contributed by atoms with E-state index in [4.69, 9.17) is 10.8 Å². The lowest BCUT2D eigenvalue weighted by Gasteiger charge is -2.21. The molecular formula is C18H33N3O5. The summed E-state index contributed by atoms with van der Waals surface area (Å²) in [5, 5.41) is 14.2. The van der Waals surface area contributed by atoms with Crippen molar-refractivity contribution in [3.05, 3.63) is 0 Å². The van der Waals surface area contributed by atoms with Gasteiger partial charge in [0, 0.05) is 13.0 Å². The van der Waals surface area contributed by atoms with Gasteiger partial charge in [-0.3, -0.25) is 19.2 Å². The molecule has 5 N–H and O–H groups in total. The van der Waals surface area contributed by atoms with Gasteiger partial charge in [0.25, 0.3) is 0 Å². The maximum atomic E-state index is 12.2. The first-order valence-electron chi connectivity index (χ1n) is 9.19. The largest absolute Gasteiger partial charge is 0.481 e. The quantitative estimate of drug-likeness (QED) is 0.341. The molecule has 8 heteroatoms. The van der Waals surface area contributed by atoms with Crippen LogP contribution in [0.5, 0.6) is 0 Å². The van der Waals surface area contributed by atoms with Crippen LogP contribution in [0.4, 0.5) is 0 Å². The molecular weight excluding hydrogens is 338 g/mol. The fourth-order valence-corrected chi connectivity index (χ4v) is 2.29. The summed E-state index contributed by atoms with van der Waals surface area (Å²) in [6, 6.07) is -1.04. The second kappa shape index (κ2) is 12.3. The lowest BCUT2D eigenvalue weighted by atomic mass is 9.89. The number of nitrogens with one attached hydrogen (secondary N) is 2. The SMILES string of the molecule is CCCCCCCC(=O)NC(CC(N)=O)C(=O)NCCC(C)(C)C(=O)O. The fourth-order valence-electron chi connectivity index (χ4n) is 2.29. The zero-order valence-corrected chi connectivity index (χ0v) is 16.1. The highest BCUT2D eigenvalue weighted by Gasteiger charge is 2.28. The van der Waals surface area contributed by atoms with Crippen LogP contribution >= 0.6 is 0 Å². The van der Waals surface area contributed by atoms with Gasteiger partial charge in [0.1, 0.15) is 6.04 Å². The average Bonchev–Trinajstić information content (AvgIpc) is 2.53. The van der Waals surface area contributed by atoms with Crippen molar-refractivity contribution < 1.29 is 24.3 Å². The van der Waals surface area contributed by atoms with E-state index in [1.807, 2.05) is 0 Å². The van der Waals surface area contributed by atoms with Crippen molar-refractivity contribution in [1.82, 2.24) is 10.6 Å². The molecule has 0 aromatic carbocycles. The highest BCUT2D eigenvalue weighted by atomic mass is 16.4. The number of nitrogens with two attached hydrogens (primary N) is 1. The highest BCUT2D eigenvalue weighted by molar-refractivity contribution is 5.91. The molecule has 0 bridgehead atoms. The van der Waals surface area contributed by atoms with Crippen molar-refractivity contribution in [2.75, 3.05) is 6.54 Å². The predicted octanol–water partition coefficient (Wildman–Crippen LogP) is 1.32. The first-order chi connectivity index (χ1) is 12.1. The number of amides is 3. The summed E-state index contributed by atoms with van der Waals surface area (Å²) in [7, 11) is 0. The Balaban J connectivity index is 4.44. The second-order valence-corrected chi connectivity index (χ2v) is 7.18. The minimum Gasteiger partial charge on any atom is -0.481 e. The number of carboxylic acid groups (broad SMARTS) is 1. The van der Waals surface area contributed by atoms with Gasteiger partial charge in [-0.25, -0.2) is 0 Å². The van der Waals surface area contributed by atoms with Crippen molar-refractivity contribution >= 4 is 23.7 Å². The molecule has 0 radical (unpaired) electrons. The van der Waals surface area contributed by atoms with E-state index >= 15 is 0 Å². The van der Waals surface area contributed by atoms with E-state index in [0.29, 0.717) is 0 Å². The summed E-state index contributed by atoms with van der Waals surface area (Å²) >= 11 is 0. The van der Waals surface area contributed by atoms with Crippen LogP contribution < -0.4 is 16.4 Å². The van der Waals surface area contributed by atoms with Crippen LogP contribution in [-0.2, 0) is 19.2 Å². The summed E-state index contributed by atoms with van der Waals surface area (Å²) < 4.78 is 0. The molecule has 0 aromatic rings. The molecule has 0 saturated carbocycles. The van der Waals surface area contributed by atoms with E-state index in [0.717, 1.165) is 32.1 Å². The molecule has 0 saturated heterocycles. The zero-order chi connectivity index (χ0) is 20.2. The van der Waals surface area contributed by atoms with E-state index in [9.17, 15) is 19.2 Å². The molecule has 3 amide bonds. The minimum atomic E-state index is -1.04. The fraction of sp³-hybridized carbons (Fsp3) is 0.778. The van der Waals surface area contributed by atoms with Gasteiger partial charge < -0.3 is 21.5 Å². The smallest absolute Gasteiger partial charge is 0.309 e. The van der Waals surface area contributed by atoms with Crippen LogP contribution in [0.2, 0.25) is 0 Å². The molecule has 0 aliphatic rings. The number of hydrogen-bond donors (Lipinski definition) is 4. The Kier molecular flexibility index (Phi) is 11.3. The molecule has 1 atom stereocenters. The number of hydrogen-bond acceptors (Lipinski definition) is 4. The van der Waals surface area contributed by atoms with E-state index in [2.05, 4.69) is 17.6 Å². The summed E-state index contributed by atoms with van der Waals surface area (Å²) in [5.41, 5.74) is 4.17. The van der Waals surface area contributed by atoms with Gasteiger partial charge in [-0.2, -0.15) is 0 Å². The van der Waals surface area contributed by atoms with Crippen LogP contribution in [0.25, 0.3) is 0 Å². The van der Waals surface area contributed by atoms with E-state index < -0.39 is 29.2 Å². The van der Waals surface area contributed by atoms with Crippen LogP contribution in [0, 0.1) is 5.41 Å². The van der Waals surface area contributed by atoms with Gasteiger partial charge in [0.15, 0.2) is 0 Å². The van der Waals surface area contributed by atoms with Crippen molar-refractivity contribution in [1.29, 1.82) is 0 Å². The van der Waals surface area contributed by atoms with Gasteiger partial charge in [0.05, 0.1) is 11.8 Å². The summed E-state index contributed by atoms with van der Waals surface area (Å²) in [4.78, 5) is 46.4. The molecule has 0 rings (SSSR count). The van der Waals surface area contributed by atoms with Gasteiger partial charge in [-0.15, -0.1) is 0 Å². The molecule has 0 spiro atoms. The molecule has 0 aliphatic carbocycles. The number of unbranched alkanes of at least 4 members (excludes halogenated alkanes) is 4. The number of carbonyl (C=O) groups is 4. The third kappa shape index (κ3) is 10.7. The molecule has 0 heterocycles. The molecule has 26 heavy (non-hydrogen) atoms. The number of carboxylic acids is 1. The van der Waals surface area contributed by atoms with Gasteiger partial charge in [-0.1, -0.05) is 32.6 Å². The maximum absolute atomic E-state index is 12.2. The Morgan fingerprint density at radius 1 is 1.08 bits per heavy atom. The second-order valence-electron chi connectivity index (χ2n) is 7.18. The summed E-state index contributed by atoms with van der Waals surface area (Å²) in [6.45, 7) is 5.35. The maximum Gasteiger partial charge on any atom is 0.309 e. The Morgan fingerprint density at radius 2 is 1.69 bits per heavy atom. The molecule has 1 unspecified atom stereocenters. The van der Waals surface area contributed by atoms with E-state index in [-0.39, 0.29) is 31.7 Å². The Morgan fingerprint density at radius 3 is 2.23 bits per heavy atom. The number of primary amides is 1. The molecule has 0 aromatic heterocycles. The monoisotopic (exact) mass is 371 g/mol.